The molecule has 0 N–H and O–H groups in total. The fourth-order valence-electron chi connectivity index (χ4n) is 1.41. The summed E-state index contributed by atoms with van der Waals surface area (Å²) in [6.07, 6.45) is -3.23. The van der Waals surface area contributed by atoms with Gasteiger partial charge in [0.2, 0.25) is 0 Å². The van der Waals surface area contributed by atoms with Crippen molar-refractivity contribution in [2.75, 3.05) is 6.66 Å². The number of alkyl halides is 3. The van der Waals surface area contributed by atoms with Crippen LogP contribution in [-0.4, -0.2) is 11.6 Å². The van der Waals surface area contributed by atoms with Crippen molar-refractivity contribution in [2.45, 2.75) is 19.5 Å². The van der Waals surface area contributed by atoms with Crippen molar-refractivity contribution in [2.24, 2.45) is 0 Å². The van der Waals surface area contributed by atoms with E-state index in [2.05, 4.69) is 0 Å². The minimum Gasteiger partial charge on any atom is -0.442 e. The number of halogens is 4. The van der Waals surface area contributed by atoms with Gasteiger partial charge in [0, 0.05) is 12.7 Å². The van der Waals surface area contributed by atoms with Crippen LogP contribution in [0.15, 0.2) is 29.5 Å². The van der Waals surface area contributed by atoms with Crippen LogP contribution in [0.3, 0.4) is 0 Å². The summed E-state index contributed by atoms with van der Waals surface area (Å²) in [5.74, 6) is -0.269. The molecule has 23 heavy (non-hydrogen) atoms. The average molecular weight is 390 g/mol. The Morgan fingerprint density at radius 1 is 1.52 bits per heavy atom. The molecule has 0 spiro atoms. The third kappa shape index (κ3) is 6.01. The summed E-state index contributed by atoms with van der Waals surface area (Å²) in [5.41, 5.74) is -2.48. The zero-order chi connectivity index (χ0) is 17.8. The number of nitro groups is 1. The van der Waals surface area contributed by atoms with Crippen molar-refractivity contribution < 1.29 is 27.1 Å². The van der Waals surface area contributed by atoms with Gasteiger partial charge >= 0.3 is 6.18 Å². The molecule has 0 heterocycles. The molecule has 0 saturated heterocycles. The highest BCUT2D eigenvalue weighted by atomic mass is 35.5. The highest BCUT2D eigenvalue weighted by Crippen LogP contribution is 2.47. The van der Waals surface area contributed by atoms with Gasteiger partial charge in [0.25, 0.3) is 12.2 Å². The second kappa shape index (κ2) is 7.51. The van der Waals surface area contributed by atoms with Crippen molar-refractivity contribution in [1.82, 2.24) is 0 Å². The summed E-state index contributed by atoms with van der Waals surface area (Å²) >= 11 is 10.8. The molecule has 11 heteroatoms. The molecule has 0 aliphatic heterocycles. The van der Waals surface area contributed by atoms with Crippen molar-refractivity contribution in [3.8, 4) is 5.75 Å². The van der Waals surface area contributed by atoms with E-state index in [0.717, 1.165) is 6.07 Å². The lowest BCUT2D eigenvalue weighted by molar-refractivity contribution is -0.388. The largest absolute Gasteiger partial charge is 0.442 e. The van der Waals surface area contributed by atoms with Gasteiger partial charge < -0.3 is 9.05 Å². The fraction of sp³-hybridized carbons (Fsp3) is 0.333. The quantitative estimate of drug-likeness (QED) is 0.280. The van der Waals surface area contributed by atoms with E-state index in [1.54, 1.807) is 6.92 Å². The Hall–Kier alpha value is -1.31. The molecule has 0 aliphatic carbocycles. The predicted molar refractivity (Wildman–Crippen MR) is 84.2 cm³/mol. The van der Waals surface area contributed by atoms with Gasteiger partial charge in [-0.05, 0) is 30.4 Å². The molecule has 1 aromatic carbocycles. The number of nitrogens with zero attached hydrogens (tertiary/aromatic N) is 1. The van der Waals surface area contributed by atoms with Gasteiger partial charge in [-0.15, -0.1) is 0 Å². The molecule has 5 nitrogen and oxygen atoms in total. The molecule has 0 saturated carbocycles. The van der Waals surface area contributed by atoms with E-state index in [-0.39, 0.29) is 5.75 Å². The normalized spacial score (nSPS) is 15.0. The molecule has 0 fully saturated rings. The average Bonchev–Trinajstić information content (AvgIpc) is 2.43. The SMILES string of the molecule is CCC(Cl)=COP(C)(=S)Oc1ccc([N+](=O)[O-])c(C(F)(F)F)c1. The van der Waals surface area contributed by atoms with Gasteiger partial charge in [-0.25, -0.2) is 0 Å². The van der Waals surface area contributed by atoms with Crippen LogP contribution in [0.2, 0.25) is 0 Å². The summed E-state index contributed by atoms with van der Waals surface area (Å²) in [4.78, 5) is 9.56. The second-order valence-corrected chi connectivity index (χ2v) is 8.73. The summed E-state index contributed by atoms with van der Waals surface area (Å²) in [5, 5.41) is 11.0. The summed E-state index contributed by atoms with van der Waals surface area (Å²) in [7, 11) is 0. The van der Waals surface area contributed by atoms with Gasteiger partial charge in [0.15, 0.2) is 0 Å². The fourth-order valence-corrected chi connectivity index (χ4v) is 2.76. The molecule has 1 rings (SSSR count). The number of allylic oxidation sites excluding steroid dienone is 1. The van der Waals surface area contributed by atoms with E-state index in [4.69, 9.17) is 32.5 Å². The minimum absolute atomic E-state index is 0.269. The van der Waals surface area contributed by atoms with Crippen LogP contribution >= 0.6 is 18.1 Å². The van der Waals surface area contributed by atoms with Crippen LogP contribution in [0, 0.1) is 10.1 Å². The number of nitro benzene ring substituents is 1. The van der Waals surface area contributed by atoms with E-state index < -0.39 is 28.8 Å². The minimum atomic E-state index is -4.90. The molecule has 0 radical (unpaired) electrons. The van der Waals surface area contributed by atoms with Crippen LogP contribution in [0.5, 0.6) is 5.75 Å². The Morgan fingerprint density at radius 2 is 2.13 bits per heavy atom. The van der Waals surface area contributed by atoms with E-state index in [1.165, 1.54) is 12.9 Å². The zero-order valence-corrected chi connectivity index (χ0v) is 14.4. The lowest BCUT2D eigenvalue weighted by Crippen LogP contribution is -2.09. The summed E-state index contributed by atoms with van der Waals surface area (Å²) in [6.45, 7) is 0.211. The molecule has 1 atom stereocenters. The Labute approximate surface area is 140 Å². The number of benzene rings is 1. The lowest BCUT2D eigenvalue weighted by atomic mass is 10.1. The summed E-state index contributed by atoms with van der Waals surface area (Å²) < 4.78 is 49.1. The van der Waals surface area contributed by atoms with E-state index in [9.17, 15) is 23.3 Å². The van der Waals surface area contributed by atoms with E-state index >= 15 is 0 Å². The Balaban J connectivity index is 3.11. The maximum Gasteiger partial charge on any atom is 0.423 e. The number of hydrogen-bond acceptors (Lipinski definition) is 5. The lowest BCUT2D eigenvalue weighted by Gasteiger charge is -2.18. The van der Waals surface area contributed by atoms with Crippen LogP contribution < -0.4 is 4.52 Å². The van der Waals surface area contributed by atoms with E-state index in [1.807, 2.05) is 0 Å². The summed E-state index contributed by atoms with van der Waals surface area (Å²) in [6, 6.07) is 2.27. The van der Waals surface area contributed by atoms with Crippen molar-refractivity contribution in [3.05, 3.63) is 45.2 Å². The van der Waals surface area contributed by atoms with Crippen LogP contribution in [0.1, 0.15) is 18.9 Å². The van der Waals surface area contributed by atoms with Crippen LogP contribution in [0.25, 0.3) is 0 Å². The van der Waals surface area contributed by atoms with Crippen molar-refractivity contribution in [1.29, 1.82) is 0 Å². The van der Waals surface area contributed by atoms with Gasteiger partial charge in [-0.1, -0.05) is 18.5 Å². The number of rotatable bonds is 6. The van der Waals surface area contributed by atoms with E-state index in [0.29, 0.717) is 23.6 Å². The standard InChI is InChI=1S/C12H12ClF3NO4PS/c1-3-8(13)7-20-22(2,23)21-9-4-5-11(17(18)19)10(6-9)12(14,15)16/h4-7H,3H2,1-2H3. The second-order valence-electron chi connectivity index (χ2n) is 4.32. The topological polar surface area (TPSA) is 61.6 Å². The maximum atomic E-state index is 12.9. The maximum absolute atomic E-state index is 12.9. The Morgan fingerprint density at radius 3 is 2.61 bits per heavy atom. The van der Waals surface area contributed by atoms with Gasteiger partial charge in [-0.3, -0.25) is 10.1 Å². The molecule has 1 unspecified atom stereocenters. The highest BCUT2D eigenvalue weighted by Gasteiger charge is 2.39. The van der Waals surface area contributed by atoms with Gasteiger partial charge in [0.1, 0.15) is 17.6 Å². The zero-order valence-electron chi connectivity index (χ0n) is 12.0. The Bertz CT molecular complexity index is 681. The molecular formula is C12H12ClF3NO4PS. The van der Waals surface area contributed by atoms with Gasteiger partial charge in [-0.2, -0.15) is 13.2 Å². The van der Waals surface area contributed by atoms with Crippen molar-refractivity contribution >= 4 is 35.6 Å². The molecule has 128 valence electrons. The smallest absolute Gasteiger partial charge is 0.423 e. The molecule has 0 aromatic heterocycles. The molecule has 0 aliphatic rings. The third-order valence-corrected chi connectivity index (χ3v) is 4.32. The highest BCUT2D eigenvalue weighted by molar-refractivity contribution is 8.09. The Kier molecular flexibility index (Phi) is 6.44. The van der Waals surface area contributed by atoms with Crippen LogP contribution in [-0.2, 0) is 22.5 Å². The molecular weight excluding hydrogens is 378 g/mol. The first kappa shape index (κ1) is 19.7. The van der Waals surface area contributed by atoms with Gasteiger partial charge in [0.05, 0.1) is 9.96 Å². The molecule has 0 amide bonds. The third-order valence-electron chi connectivity index (χ3n) is 2.45. The first-order valence-corrected chi connectivity index (χ1v) is 9.58. The monoisotopic (exact) mass is 389 g/mol. The van der Waals surface area contributed by atoms with Crippen LogP contribution in [0.4, 0.5) is 18.9 Å². The first-order chi connectivity index (χ1) is 10.5. The van der Waals surface area contributed by atoms with Crippen molar-refractivity contribution in [3.63, 3.8) is 0 Å². The first-order valence-electron chi connectivity index (χ1n) is 6.12. The number of hydrogen-bond donors (Lipinski definition) is 0. The molecule has 1 aromatic rings. The molecule has 0 bridgehead atoms. The predicted octanol–water partition coefficient (Wildman–Crippen LogP) is 5.44.